The van der Waals surface area contributed by atoms with Gasteiger partial charge >= 0.3 is 20.2 Å². The van der Waals surface area contributed by atoms with Crippen molar-refractivity contribution in [2.75, 3.05) is 5.73 Å². The van der Waals surface area contributed by atoms with Crippen molar-refractivity contribution in [3.63, 3.8) is 0 Å². The maximum Gasteiger partial charge on any atom is 0.341 e. The second-order valence-corrected chi connectivity index (χ2v) is 13.2. The molecule has 1 aliphatic heterocycles. The van der Waals surface area contributed by atoms with Crippen LogP contribution >= 0.6 is 0 Å². The van der Waals surface area contributed by atoms with Gasteiger partial charge < -0.3 is 14.1 Å². The fraction of sp³-hybridized carbons (Fsp3) is 0. The van der Waals surface area contributed by atoms with Gasteiger partial charge in [0.15, 0.2) is 0 Å². The number of anilines is 1. The number of nitrogens with two attached hydrogens (primary N) is 1. The van der Waals surface area contributed by atoms with E-state index >= 15 is 0 Å². The lowest BCUT2D eigenvalue weighted by atomic mass is 9.94. The molecule has 2 amide bonds. The molecule has 2 N–H and O–H groups in total. The van der Waals surface area contributed by atoms with Crippen LogP contribution in [0.15, 0.2) is 101 Å². The third kappa shape index (κ3) is 4.69. The number of hydrogen-bond donors (Lipinski definition) is 1. The van der Waals surface area contributed by atoms with Gasteiger partial charge in [-0.3, -0.25) is 9.59 Å². The second-order valence-electron chi connectivity index (χ2n) is 8.48. The summed E-state index contributed by atoms with van der Waals surface area (Å²) >= 11 is 0. The molecular formula is C26H18N2O10S3. The number of carbonyl (C=O) groups is 2. The van der Waals surface area contributed by atoms with Crippen LogP contribution in [0.4, 0.5) is 5.69 Å². The Hall–Kier alpha value is -4.73. The minimum atomic E-state index is -4.86. The molecule has 5 rings (SSSR count). The molecule has 1 aliphatic rings. The van der Waals surface area contributed by atoms with E-state index in [0.717, 1.165) is 18.2 Å². The zero-order valence-corrected chi connectivity index (χ0v) is 23.1. The number of rotatable bonds is 8. The lowest BCUT2D eigenvalue weighted by molar-refractivity contribution is 0.0727. The number of nitrogen functional groups attached to an aromatic ring is 1. The number of benzene rings is 4. The van der Waals surface area contributed by atoms with Crippen molar-refractivity contribution in [2.24, 2.45) is 0 Å². The first-order valence-corrected chi connectivity index (χ1v) is 15.7. The maximum atomic E-state index is 13.4. The fourth-order valence-electron chi connectivity index (χ4n) is 4.21. The Balaban J connectivity index is 1.85. The molecule has 4 aromatic rings. The largest absolute Gasteiger partial charge is 0.397 e. The van der Waals surface area contributed by atoms with Crippen molar-refractivity contribution in [1.29, 1.82) is 0 Å². The monoisotopic (exact) mass is 614 g/mol. The van der Waals surface area contributed by atoms with Gasteiger partial charge in [-0.05, 0) is 42.5 Å². The topological polar surface area (TPSA) is 184 Å². The van der Waals surface area contributed by atoms with Gasteiger partial charge in [0.05, 0.1) is 11.3 Å². The summed E-state index contributed by atoms with van der Waals surface area (Å²) in [5.41, 5.74) is 4.50. The normalized spacial score (nSPS) is 13.7. The van der Waals surface area contributed by atoms with E-state index in [1.165, 1.54) is 48.5 Å². The van der Waals surface area contributed by atoms with Crippen LogP contribution in [-0.4, -0.2) is 41.4 Å². The van der Waals surface area contributed by atoms with E-state index < -0.39 is 74.1 Å². The Kier molecular flexibility index (Phi) is 6.60. The predicted molar refractivity (Wildman–Crippen MR) is 146 cm³/mol. The predicted octanol–water partition coefficient (Wildman–Crippen LogP) is 3.03. The molecule has 12 nitrogen and oxygen atoms in total. The molecule has 0 saturated carbocycles. The van der Waals surface area contributed by atoms with E-state index in [0.29, 0.717) is 5.41 Å². The molecule has 41 heavy (non-hydrogen) atoms. The van der Waals surface area contributed by atoms with Gasteiger partial charge in [-0.25, -0.2) is 8.42 Å². The van der Waals surface area contributed by atoms with E-state index in [2.05, 4.69) is 6.58 Å². The van der Waals surface area contributed by atoms with Gasteiger partial charge in [0, 0.05) is 21.7 Å². The third-order valence-electron chi connectivity index (χ3n) is 5.98. The molecule has 0 radical (unpaired) electrons. The first-order chi connectivity index (χ1) is 19.3. The summed E-state index contributed by atoms with van der Waals surface area (Å²) in [6, 6.07) is 17.2. The molecule has 0 spiro atoms. The average Bonchev–Trinajstić information content (AvgIpc) is 2.92. The lowest BCUT2D eigenvalue weighted by Gasteiger charge is -2.27. The molecule has 210 valence electrons. The van der Waals surface area contributed by atoms with Gasteiger partial charge in [0.1, 0.15) is 21.3 Å². The average molecular weight is 615 g/mol. The Morgan fingerprint density at radius 2 is 1.15 bits per heavy atom. The van der Waals surface area contributed by atoms with Crippen LogP contribution in [0.25, 0.3) is 10.8 Å². The summed E-state index contributed by atoms with van der Waals surface area (Å²) in [6.07, 6.45) is 0. The SMILES string of the molecule is C=CS(=O)(=O)N1C(=O)c2ccc(S(=O)(=O)Oc3ccccc3)c3c(N)c(S(=O)(=O)Oc4ccccc4)cc(c23)C1=O. The third-order valence-corrected chi connectivity index (χ3v) is 9.82. The van der Waals surface area contributed by atoms with E-state index in [9.17, 15) is 34.8 Å². The number of hydrogen-bond acceptors (Lipinski definition) is 11. The van der Waals surface area contributed by atoms with Crippen molar-refractivity contribution in [3.05, 3.63) is 102 Å². The number of nitrogens with zero attached hydrogens (tertiary/aromatic N) is 1. The van der Waals surface area contributed by atoms with Crippen LogP contribution in [0.5, 0.6) is 11.5 Å². The highest BCUT2D eigenvalue weighted by Crippen LogP contribution is 2.42. The van der Waals surface area contributed by atoms with Gasteiger partial charge in [0.2, 0.25) is 0 Å². The summed E-state index contributed by atoms with van der Waals surface area (Å²) in [7, 11) is -14.3. The molecule has 0 atom stereocenters. The first kappa shape index (κ1) is 27.8. The van der Waals surface area contributed by atoms with Gasteiger partial charge in [0.25, 0.3) is 21.8 Å². The van der Waals surface area contributed by atoms with Gasteiger partial charge in [-0.2, -0.15) is 21.1 Å². The number of amides is 2. The Morgan fingerprint density at radius 3 is 1.66 bits per heavy atom. The minimum absolute atomic E-state index is 0.0952. The highest BCUT2D eigenvalue weighted by molar-refractivity contribution is 7.93. The number of imide groups is 1. The zero-order chi connectivity index (χ0) is 29.7. The van der Waals surface area contributed by atoms with Crippen molar-refractivity contribution in [3.8, 4) is 11.5 Å². The second kappa shape index (κ2) is 9.72. The van der Waals surface area contributed by atoms with E-state index in [1.54, 1.807) is 12.1 Å². The maximum absolute atomic E-state index is 13.4. The van der Waals surface area contributed by atoms with Crippen LogP contribution in [0, 0.1) is 0 Å². The van der Waals surface area contributed by atoms with Crippen molar-refractivity contribution in [2.45, 2.75) is 9.79 Å². The van der Waals surface area contributed by atoms with Crippen LogP contribution < -0.4 is 14.1 Å². The number of carbonyl (C=O) groups excluding carboxylic acids is 2. The minimum Gasteiger partial charge on any atom is -0.397 e. The molecule has 0 saturated heterocycles. The van der Waals surface area contributed by atoms with E-state index in [-0.39, 0.29) is 21.2 Å². The molecule has 1 heterocycles. The summed E-state index contributed by atoms with van der Waals surface area (Å²) in [5, 5.41) is -0.571. The van der Waals surface area contributed by atoms with Crippen molar-refractivity contribution in [1.82, 2.24) is 4.31 Å². The standard InChI is InChI=1S/C26H18N2O10S3/c1-2-39(31,32)28-25(29)18-13-14-20(40(33,34)37-16-9-5-3-6-10-16)23-22(18)19(26(28)30)15-21(24(23)27)41(35,36)38-17-11-7-4-8-12-17/h2-15H,1,27H2. The Labute approximate surface area is 234 Å². The van der Waals surface area contributed by atoms with E-state index in [4.69, 9.17) is 14.1 Å². The smallest absolute Gasteiger partial charge is 0.341 e. The van der Waals surface area contributed by atoms with Crippen LogP contribution in [0.2, 0.25) is 0 Å². The Bertz CT molecular complexity index is 2100. The van der Waals surface area contributed by atoms with Gasteiger partial charge in [-0.1, -0.05) is 43.0 Å². The molecule has 0 aromatic heterocycles. The molecule has 0 unspecified atom stereocenters. The zero-order valence-electron chi connectivity index (χ0n) is 20.6. The van der Waals surface area contributed by atoms with Gasteiger partial charge in [-0.15, -0.1) is 0 Å². The van der Waals surface area contributed by atoms with E-state index in [1.807, 2.05) is 0 Å². The molecule has 0 bridgehead atoms. The summed E-state index contributed by atoms with van der Waals surface area (Å²) in [6.45, 7) is 3.12. The molecule has 4 aromatic carbocycles. The summed E-state index contributed by atoms with van der Waals surface area (Å²) in [4.78, 5) is 25.1. The van der Waals surface area contributed by atoms with Crippen molar-refractivity contribution < 1.29 is 43.2 Å². The molecule has 15 heteroatoms. The molecular weight excluding hydrogens is 596 g/mol. The number of para-hydroxylation sites is 2. The fourth-order valence-corrected chi connectivity index (χ4v) is 7.26. The number of sulfonamides is 1. The van der Waals surface area contributed by atoms with Crippen molar-refractivity contribution >= 4 is 58.5 Å². The highest BCUT2D eigenvalue weighted by atomic mass is 32.2. The molecule has 0 fully saturated rings. The van der Waals surface area contributed by atoms with Crippen LogP contribution in [0.3, 0.4) is 0 Å². The first-order valence-electron chi connectivity index (χ1n) is 11.4. The molecule has 0 aliphatic carbocycles. The highest BCUT2D eigenvalue weighted by Gasteiger charge is 2.43. The lowest BCUT2D eigenvalue weighted by Crippen LogP contribution is -2.43. The van der Waals surface area contributed by atoms with Crippen LogP contribution in [0.1, 0.15) is 20.7 Å². The Morgan fingerprint density at radius 1 is 0.659 bits per heavy atom. The summed E-state index contributed by atoms with van der Waals surface area (Å²) < 4.78 is 89.1. The van der Waals surface area contributed by atoms with Crippen LogP contribution in [-0.2, 0) is 30.3 Å². The quantitative estimate of drug-likeness (QED) is 0.175. The summed E-state index contributed by atoms with van der Waals surface area (Å²) in [5.74, 6) is -3.01.